The molecule has 0 atom stereocenters. The van der Waals surface area contributed by atoms with E-state index in [-0.39, 0.29) is 11.8 Å². The molecular formula is C20H28N4O2. The predicted octanol–water partition coefficient (Wildman–Crippen LogP) is 2.42. The number of benzene rings is 1. The van der Waals surface area contributed by atoms with E-state index in [2.05, 4.69) is 22.5 Å². The number of nitrogens with one attached hydrogen (secondary N) is 2. The lowest BCUT2D eigenvalue weighted by Crippen LogP contribution is -2.45. The molecule has 3 rings (SSSR count). The van der Waals surface area contributed by atoms with Crippen LogP contribution < -0.4 is 10.6 Å². The van der Waals surface area contributed by atoms with Gasteiger partial charge in [-0.2, -0.15) is 0 Å². The summed E-state index contributed by atoms with van der Waals surface area (Å²) in [5.41, 5.74) is 0.977. The molecule has 1 aliphatic carbocycles. The number of carbonyl (C=O) groups excluding carboxylic acids is 2. The Morgan fingerprint density at radius 1 is 1.12 bits per heavy atom. The highest BCUT2D eigenvalue weighted by molar-refractivity contribution is 6.21. The number of imide groups is 1. The van der Waals surface area contributed by atoms with Gasteiger partial charge in [0.25, 0.3) is 11.8 Å². The monoisotopic (exact) mass is 356 g/mol. The Hall–Kier alpha value is -2.37. The van der Waals surface area contributed by atoms with E-state index < -0.39 is 0 Å². The second-order valence-corrected chi connectivity index (χ2v) is 7.17. The van der Waals surface area contributed by atoms with Crippen molar-refractivity contribution in [1.29, 1.82) is 0 Å². The summed E-state index contributed by atoms with van der Waals surface area (Å²) < 4.78 is 0. The van der Waals surface area contributed by atoms with Crippen molar-refractivity contribution in [3.8, 4) is 0 Å². The van der Waals surface area contributed by atoms with Gasteiger partial charge in [0.05, 0.1) is 17.7 Å². The molecule has 2 N–H and O–H groups in total. The van der Waals surface area contributed by atoms with Crippen molar-refractivity contribution in [2.75, 3.05) is 19.6 Å². The van der Waals surface area contributed by atoms with Crippen molar-refractivity contribution in [1.82, 2.24) is 15.5 Å². The third-order valence-corrected chi connectivity index (χ3v) is 5.17. The molecule has 1 saturated carbocycles. The van der Waals surface area contributed by atoms with Crippen LogP contribution in [0, 0.1) is 5.92 Å². The van der Waals surface area contributed by atoms with E-state index in [1.165, 1.54) is 17.7 Å². The summed E-state index contributed by atoms with van der Waals surface area (Å²) in [5.74, 6) is 1.13. The van der Waals surface area contributed by atoms with Crippen LogP contribution in [-0.2, 0) is 0 Å². The van der Waals surface area contributed by atoms with Gasteiger partial charge in [-0.1, -0.05) is 19.1 Å². The molecule has 0 aromatic heterocycles. The number of guanidine groups is 1. The normalized spacial score (nSPS) is 23.2. The Labute approximate surface area is 155 Å². The third-order valence-electron chi connectivity index (χ3n) is 5.17. The van der Waals surface area contributed by atoms with E-state index >= 15 is 0 Å². The first-order valence-corrected chi connectivity index (χ1v) is 9.60. The van der Waals surface area contributed by atoms with Gasteiger partial charge in [-0.15, -0.1) is 0 Å². The SMILES string of the molecule is CCNC(=NCCN1C(=O)c2ccccc2C1=O)NC1CCC(C)CC1. The summed E-state index contributed by atoms with van der Waals surface area (Å²) >= 11 is 0. The lowest BCUT2D eigenvalue weighted by atomic mass is 9.87. The number of carbonyl (C=O) groups is 2. The molecule has 0 spiro atoms. The molecule has 0 bridgehead atoms. The minimum absolute atomic E-state index is 0.222. The van der Waals surface area contributed by atoms with E-state index in [0.29, 0.717) is 30.3 Å². The quantitative estimate of drug-likeness (QED) is 0.483. The van der Waals surface area contributed by atoms with Crippen LogP contribution in [0.5, 0.6) is 0 Å². The number of hydrogen-bond acceptors (Lipinski definition) is 3. The van der Waals surface area contributed by atoms with Crippen molar-refractivity contribution in [3.63, 3.8) is 0 Å². The highest BCUT2D eigenvalue weighted by atomic mass is 16.2. The molecule has 2 aliphatic rings. The number of hydrogen-bond donors (Lipinski definition) is 2. The Morgan fingerprint density at radius 3 is 2.31 bits per heavy atom. The molecule has 26 heavy (non-hydrogen) atoms. The van der Waals surface area contributed by atoms with Crippen LogP contribution in [0.4, 0.5) is 0 Å². The predicted molar refractivity (Wildman–Crippen MR) is 102 cm³/mol. The van der Waals surface area contributed by atoms with Crippen molar-refractivity contribution in [2.24, 2.45) is 10.9 Å². The van der Waals surface area contributed by atoms with Crippen molar-refractivity contribution in [2.45, 2.75) is 45.6 Å². The molecule has 6 heteroatoms. The highest BCUT2D eigenvalue weighted by Gasteiger charge is 2.34. The molecule has 1 fully saturated rings. The smallest absolute Gasteiger partial charge is 0.261 e. The number of aliphatic imine (C=N–C) groups is 1. The van der Waals surface area contributed by atoms with Crippen LogP contribution in [0.25, 0.3) is 0 Å². The Kier molecular flexibility index (Phi) is 5.91. The van der Waals surface area contributed by atoms with Crippen LogP contribution in [0.3, 0.4) is 0 Å². The van der Waals surface area contributed by atoms with Gasteiger partial charge >= 0.3 is 0 Å². The van der Waals surface area contributed by atoms with Crippen LogP contribution in [0.15, 0.2) is 29.3 Å². The van der Waals surface area contributed by atoms with E-state index in [1.807, 2.05) is 6.92 Å². The fraction of sp³-hybridized carbons (Fsp3) is 0.550. The summed E-state index contributed by atoms with van der Waals surface area (Å²) in [4.78, 5) is 30.6. The van der Waals surface area contributed by atoms with Crippen molar-refractivity contribution >= 4 is 17.8 Å². The number of amides is 2. The average molecular weight is 356 g/mol. The van der Waals surface area contributed by atoms with E-state index in [4.69, 9.17) is 0 Å². The maximum atomic E-state index is 12.4. The summed E-state index contributed by atoms with van der Waals surface area (Å²) in [6.45, 7) is 5.80. The topological polar surface area (TPSA) is 73.8 Å². The first kappa shape index (κ1) is 18.4. The Balaban J connectivity index is 1.57. The van der Waals surface area contributed by atoms with Gasteiger partial charge in [0.1, 0.15) is 0 Å². The van der Waals surface area contributed by atoms with Gasteiger partial charge < -0.3 is 10.6 Å². The zero-order valence-electron chi connectivity index (χ0n) is 15.6. The molecule has 6 nitrogen and oxygen atoms in total. The fourth-order valence-electron chi connectivity index (χ4n) is 3.62. The summed E-state index contributed by atoms with van der Waals surface area (Å²) in [5, 5.41) is 6.75. The molecule has 2 amide bonds. The molecule has 0 unspecified atom stereocenters. The van der Waals surface area contributed by atoms with Gasteiger partial charge in [-0.25, -0.2) is 0 Å². The van der Waals surface area contributed by atoms with E-state index in [0.717, 1.165) is 31.3 Å². The summed E-state index contributed by atoms with van der Waals surface area (Å²) in [6.07, 6.45) is 4.80. The largest absolute Gasteiger partial charge is 0.357 e. The van der Waals surface area contributed by atoms with Crippen LogP contribution in [0.2, 0.25) is 0 Å². The minimum atomic E-state index is -0.222. The van der Waals surface area contributed by atoms with Gasteiger partial charge in [0.15, 0.2) is 5.96 Å². The standard InChI is InChI=1S/C20H28N4O2/c1-3-21-20(23-15-10-8-14(2)9-11-15)22-12-13-24-18(25)16-6-4-5-7-17(16)19(24)26/h4-7,14-15H,3,8-13H2,1-2H3,(H2,21,22,23). The molecule has 1 aromatic carbocycles. The van der Waals surface area contributed by atoms with Gasteiger partial charge in [0.2, 0.25) is 0 Å². The molecule has 140 valence electrons. The second-order valence-electron chi connectivity index (χ2n) is 7.17. The molecular weight excluding hydrogens is 328 g/mol. The lowest BCUT2D eigenvalue weighted by molar-refractivity contribution is 0.0659. The zero-order valence-corrected chi connectivity index (χ0v) is 15.6. The first-order chi connectivity index (χ1) is 12.6. The third kappa shape index (κ3) is 4.06. The molecule has 0 saturated heterocycles. The van der Waals surface area contributed by atoms with Gasteiger partial charge in [-0.05, 0) is 50.7 Å². The lowest BCUT2D eigenvalue weighted by Gasteiger charge is -2.28. The Bertz CT molecular complexity index is 658. The minimum Gasteiger partial charge on any atom is -0.357 e. The van der Waals surface area contributed by atoms with E-state index in [9.17, 15) is 9.59 Å². The number of fused-ring (bicyclic) bond motifs is 1. The number of nitrogens with zero attached hydrogens (tertiary/aromatic N) is 2. The fourth-order valence-corrected chi connectivity index (χ4v) is 3.62. The van der Waals surface area contributed by atoms with Crippen molar-refractivity contribution < 1.29 is 9.59 Å². The van der Waals surface area contributed by atoms with Crippen LogP contribution in [0.1, 0.15) is 60.2 Å². The Morgan fingerprint density at radius 2 is 1.73 bits per heavy atom. The van der Waals surface area contributed by atoms with Gasteiger partial charge in [-0.3, -0.25) is 19.5 Å². The zero-order chi connectivity index (χ0) is 18.5. The molecule has 1 aliphatic heterocycles. The number of rotatable bonds is 5. The van der Waals surface area contributed by atoms with Crippen molar-refractivity contribution in [3.05, 3.63) is 35.4 Å². The van der Waals surface area contributed by atoms with Crippen LogP contribution in [-0.4, -0.2) is 48.3 Å². The van der Waals surface area contributed by atoms with E-state index in [1.54, 1.807) is 24.3 Å². The average Bonchev–Trinajstić information content (AvgIpc) is 2.89. The molecule has 0 radical (unpaired) electrons. The maximum Gasteiger partial charge on any atom is 0.261 e. The molecule has 1 aromatic rings. The molecule has 1 heterocycles. The maximum absolute atomic E-state index is 12.4. The summed E-state index contributed by atoms with van der Waals surface area (Å²) in [7, 11) is 0. The highest BCUT2D eigenvalue weighted by Crippen LogP contribution is 2.23. The summed E-state index contributed by atoms with van der Waals surface area (Å²) in [6, 6.07) is 7.42. The second kappa shape index (κ2) is 8.34. The van der Waals surface area contributed by atoms with Crippen LogP contribution >= 0.6 is 0 Å². The first-order valence-electron chi connectivity index (χ1n) is 9.60. The van der Waals surface area contributed by atoms with Gasteiger partial charge in [0, 0.05) is 19.1 Å².